The quantitative estimate of drug-likeness (QED) is 0.822. The Balaban J connectivity index is 1.74. The summed E-state index contributed by atoms with van der Waals surface area (Å²) in [5.74, 6) is 0.0901. The molecule has 1 saturated heterocycles. The molecule has 3 unspecified atom stereocenters. The molecule has 1 N–H and O–H groups in total. The van der Waals surface area contributed by atoms with Gasteiger partial charge in [-0.1, -0.05) is 6.08 Å². The number of hydrogen-bond acceptors (Lipinski definition) is 3. The van der Waals surface area contributed by atoms with Gasteiger partial charge in [0.25, 0.3) is 0 Å². The van der Waals surface area contributed by atoms with Crippen molar-refractivity contribution >= 4 is 5.69 Å². The summed E-state index contributed by atoms with van der Waals surface area (Å²) in [5.41, 5.74) is 1.69. The minimum Gasteiger partial charge on any atom is -0.497 e. The Morgan fingerprint density at radius 2 is 2.08 bits per heavy atom. The summed E-state index contributed by atoms with van der Waals surface area (Å²) in [6, 6.07) is 3.83. The highest BCUT2D eigenvalue weighted by atomic mass is 19.4. The number of ether oxygens (including phenoxy) is 2. The average molecular weight is 337 g/mol. The van der Waals surface area contributed by atoms with E-state index >= 15 is 0 Å². The molecule has 3 aliphatic rings. The number of anilines is 1. The normalized spacial score (nSPS) is 29.0. The van der Waals surface area contributed by atoms with Crippen molar-refractivity contribution in [3.8, 4) is 0 Å². The molecule has 1 fully saturated rings. The summed E-state index contributed by atoms with van der Waals surface area (Å²) in [6.45, 7) is 1.13. The van der Waals surface area contributed by atoms with Crippen LogP contribution in [0, 0.1) is 5.92 Å². The molecule has 24 heavy (non-hydrogen) atoms. The minimum atomic E-state index is -4.35. The van der Waals surface area contributed by atoms with Gasteiger partial charge in [-0.15, -0.1) is 0 Å². The Labute approximate surface area is 138 Å². The standard InChI is InChI=1S/C18H18F3NO2/c19-18(20,21)12-5-6-15-14(9-12)17-13(4-2-8-24-17)16(22-15)11-3-1-7-23-10-11/h1,3,5-6,9-10,13,16-17,22H,2,4,7-8H2. The highest BCUT2D eigenvalue weighted by Gasteiger charge is 2.42. The van der Waals surface area contributed by atoms with E-state index in [2.05, 4.69) is 5.32 Å². The molecule has 3 nitrogen and oxygen atoms in total. The van der Waals surface area contributed by atoms with Crippen LogP contribution in [0.4, 0.5) is 18.9 Å². The SMILES string of the molecule is FC(F)(F)c1ccc2c(c1)C1OCCCC1C(C1=COCC=C1)N2. The summed E-state index contributed by atoms with van der Waals surface area (Å²) in [6.07, 6.45) is 2.84. The Kier molecular flexibility index (Phi) is 3.79. The largest absolute Gasteiger partial charge is 0.497 e. The molecule has 6 heteroatoms. The predicted molar refractivity (Wildman–Crippen MR) is 83.4 cm³/mol. The van der Waals surface area contributed by atoms with E-state index in [0.29, 0.717) is 24.5 Å². The van der Waals surface area contributed by atoms with Crippen molar-refractivity contribution in [2.24, 2.45) is 5.92 Å². The first kappa shape index (κ1) is 15.6. The molecule has 4 rings (SSSR count). The lowest BCUT2D eigenvalue weighted by molar-refractivity contribution is -0.137. The van der Waals surface area contributed by atoms with Crippen LogP contribution in [0.15, 0.2) is 42.2 Å². The van der Waals surface area contributed by atoms with Crippen molar-refractivity contribution in [2.45, 2.75) is 31.2 Å². The lowest BCUT2D eigenvalue weighted by Crippen LogP contribution is -2.42. The van der Waals surface area contributed by atoms with Crippen LogP contribution < -0.4 is 5.32 Å². The second kappa shape index (κ2) is 5.84. The first-order valence-corrected chi connectivity index (χ1v) is 8.11. The maximum atomic E-state index is 13.1. The zero-order valence-corrected chi connectivity index (χ0v) is 13.0. The van der Waals surface area contributed by atoms with Crippen LogP contribution in [-0.4, -0.2) is 19.3 Å². The second-order valence-electron chi connectivity index (χ2n) is 6.37. The number of rotatable bonds is 1. The predicted octanol–water partition coefficient (Wildman–Crippen LogP) is 4.44. The zero-order chi connectivity index (χ0) is 16.7. The molecule has 3 heterocycles. The van der Waals surface area contributed by atoms with Crippen LogP contribution in [-0.2, 0) is 15.7 Å². The lowest BCUT2D eigenvalue weighted by Gasteiger charge is -2.44. The number of fused-ring (bicyclic) bond motifs is 3. The molecule has 3 atom stereocenters. The van der Waals surface area contributed by atoms with Crippen molar-refractivity contribution < 1.29 is 22.6 Å². The summed E-state index contributed by atoms with van der Waals surface area (Å²) in [5, 5.41) is 3.40. The summed E-state index contributed by atoms with van der Waals surface area (Å²) < 4.78 is 50.4. The molecule has 1 aromatic carbocycles. The Bertz CT molecular complexity index is 696. The topological polar surface area (TPSA) is 30.5 Å². The molecular weight excluding hydrogens is 319 g/mol. The minimum absolute atomic E-state index is 0.0175. The fraction of sp³-hybridized carbons (Fsp3) is 0.444. The maximum absolute atomic E-state index is 13.1. The monoisotopic (exact) mass is 337 g/mol. The highest BCUT2D eigenvalue weighted by Crippen LogP contribution is 2.47. The van der Waals surface area contributed by atoms with Gasteiger partial charge >= 0.3 is 6.18 Å². The van der Waals surface area contributed by atoms with Gasteiger partial charge in [-0.2, -0.15) is 13.2 Å². The lowest BCUT2D eigenvalue weighted by atomic mass is 9.77. The fourth-order valence-corrected chi connectivity index (χ4v) is 3.78. The summed E-state index contributed by atoms with van der Waals surface area (Å²) in [4.78, 5) is 0. The van der Waals surface area contributed by atoms with Crippen LogP contribution in [0.2, 0.25) is 0 Å². The van der Waals surface area contributed by atoms with E-state index < -0.39 is 11.7 Å². The fourth-order valence-electron chi connectivity index (χ4n) is 3.78. The van der Waals surface area contributed by atoms with Crippen LogP contribution in [0.25, 0.3) is 0 Å². The van der Waals surface area contributed by atoms with E-state index in [1.807, 2.05) is 12.2 Å². The van der Waals surface area contributed by atoms with Gasteiger partial charge < -0.3 is 14.8 Å². The van der Waals surface area contributed by atoms with Crippen molar-refractivity contribution in [3.63, 3.8) is 0 Å². The smallest absolute Gasteiger partial charge is 0.416 e. The van der Waals surface area contributed by atoms with Gasteiger partial charge in [-0.3, -0.25) is 0 Å². The molecule has 0 aliphatic carbocycles. The van der Waals surface area contributed by atoms with Gasteiger partial charge in [0, 0.05) is 29.3 Å². The third-order valence-electron chi connectivity index (χ3n) is 4.87. The van der Waals surface area contributed by atoms with E-state index in [9.17, 15) is 13.2 Å². The number of hydrogen-bond donors (Lipinski definition) is 1. The number of benzene rings is 1. The van der Waals surface area contributed by atoms with Crippen LogP contribution >= 0.6 is 0 Å². The highest BCUT2D eigenvalue weighted by molar-refractivity contribution is 5.59. The number of halogens is 3. The van der Waals surface area contributed by atoms with E-state index in [4.69, 9.17) is 9.47 Å². The maximum Gasteiger partial charge on any atom is 0.416 e. The molecule has 0 aromatic heterocycles. The van der Waals surface area contributed by atoms with Crippen LogP contribution in [0.1, 0.15) is 30.1 Å². The molecule has 0 amide bonds. The Morgan fingerprint density at radius 1 is 1.21 bits per heavy atom. The summed E-state index contributed by atoms with van der Waals surface area (Å²) in [7, 11) is 0. The molecule has 0 bridgehead atoms. The zero-order valence-electron chi connectivity index (χ0n) is 13.0. The summed E-state index contributed by atoms with van der Waals surface area (Å²) >= 11 is 0. The molecule has 0 radical (unpaired) electrons. The van der Waals surface area contributed by atoms with E-state index in [1.165, 1.54) is 12.1 Å². The van der Waals surface area contributed by atoms with Crippen molar-refractivity contribution in [3.05, 3.63) is 53.3 Å². The third kappa shape index (κ3) is 2.69. The molecule has 128 valence electrons. The molecule has 0 saturated carbocycles. The van der Waals surface area contributed by atoms with E-state index in [1.54, 1.807) is 6.26 Å². The van der Waals surface area contributed by atoms with E-state index in [0.717, 1.165) is 24.5 Å². The van der Waals surface area contributed by atoms with Gasteiger partial charge in [-0.25, -0.2) is 0 Å². The number of alkyl halides is 3. The third-order valence-corrected chi connectivity index (χ3v) is 4.87. The van der Waals surface area contributed by atoms with Crippen LogP contribution in [0.5, 0.6) is 0 Å². The van der Waals surface area contributed by atoms with Crippen molar-refractivity contribution in [1.29, 1.82) is 0 Å². The Morgan fingerprint density at radius 3 is 2.83 bits per heavy atom. The van der Waals surface area contributed by atoms with Gasteiger partial charge in [0.2, 0.25) is 0 Å². The Hall–Kier alpha value is -1.95. The van der Waals surface area contributed by atoms with Gasteiger partial charge in [0.05, 0.1) is 24.0 Å². The van der Waals surface area contributed by atoms with Crippen molar-refractivity contribution in [2.75, 3.05) is 18.5 Å². The van der Waals surface area contributed by atoms with Crippen LogP contribution in [0.3, 0.4) is 0 Å². The number of nitrogens with one attached hydrogen (secondary N) is 1. The van der Waals surface area contributed by atoms with Gasteiger partial charge in [-0.05, 0) is 37.1 Å². The molecule has 3 aliphatic heterocycles. The first-order chi connectivity index (χ1) is 11.5. The first-order valence-electron chi connectivity index (χ1n) is 8.11. The molecule has 0 spiro atoms. The van der Waals surface area contributed by atoms with E-state index in [-0.39, 0.29) is 18.1 Å². The van der Waals surface area contributed by atoms with Gasteiger partial charge in [0.1, 0.15) is 6.61 Å². The second-order valence-corrected chi connectivity index (χ2v) is 6.37. The molecule has 1 aromatic rings. The van der Waals surface area contributed by atoms with Crippen molar-refractivity contribution in [1.82, 2.24) is 0 Å². The average Bonchev–Trinajstić information content (AvgIpc) is 2.60. The molecular formula is C18H18F3NO2. The van der Waals surface area contributed by atoms with Gasteiger partial charge in [0.15, 0.2) is 0 Å².